The molecular weight excluding hydrogens is 308 g/mol. The van der Waals surface area contributed by atoms with Gasteiger partial charge in [-0.05, 0) is 31.4 Å². The van der Waals surface area contributed by atoms with Crippen LogP contribution in [0.5, 0.6) is 11.5 Å². The van der Waals surface area contributed by atoms with Crippen molar-refractivity contribution in [3.05, 3.63) is 35.9 Å². The van der Waals surface area contributed by atoms with Crippen molar-refractivity contribution in [1.82, 2.24) is 4.90 Å². The molecule has 2 rings (SSSR count). The third-order valence-corrected chi connectivity index (χ3v) is 4.35. The summed E-state index contributed by atoms with van der Waals surface area (Å²) in [6, 6.07) is 3.50. The lowest BCUT2D eigenvalue weighted by molar-refractivity contribution is -0.123. The number of ether oxygens (including phenoxy) is 2. The summed E-state index contributed by atoms with van der Waals surface area (Å²) in [7, 11) is 3.11. The summed E-state index contributed by atoms with van der Waals surface area (Å²) in [5.74, 6) is 0.620. The Morgan fingerprint density at radius 1 is 1.29 bits per heavy atom. The summed E-state index contributed by atoms with van der Waals surface area (Å²) in [5, 5.41) is 0. The van der Waals surface area contributed by atoms with E-state index in [1.54, 1.807) is 31.3 Å². The van der Waals surface area contributed by atoms with Crippen molar-refractivity contribution in [2.45, 2.75) is 19.3 Å². The highest BCUT2D eigenvalue weighted by atomic mass is 16.5. The van der Waals surface area contributed by atoms with E-state index in [0.717, 1.165) is 5.56 Å². The number of nitrogens with two attached hydrogens (primary N) is 1. The predicted octanol–water partition coefficient (Wildman–Crippen LogP) is 1.77. The van der Waals surface area contributed by atoms with Gasteiger partial charge in [0.05, 0.1) is 14.2 Å². The third-order valence-electron chi connectivity index (χ3n) is 4.35. The highest BCUT2D eigenvalue weighted by Gasteiger charge is 2.27. The SMILES string of the molecule is C=CCc1cc(C(=O)N2CCC(C(N)=O)CC2)cc(OC)c1OC. The fourth-order valence-corrected chi connectivity index (χ4v) is 3.02. The zero-order valence-electron chi connectivity index (χ0n) is 14.2. The molecule has 1 aromatic carbocycles. The number of allylic oxidation sites excluding steroid dienone is 1. The minimum absolute atomic E-state index is 0.0795. The van der Waals surface area contributed by atoms with E-state index in [4.69, 9.17) is 15.2 Å². The maximum absolute atomic E-state index is 12.8. The second-order valence-corrected chi connectivity index (χ2v) is 5.83. The van der Waals surface area contributed by atoms with Crippen molar-refractivity contribution < 1.29 is 19.1 Å². The molecule has 1 aliphatic rings. The largest absolute Gasteiger partial charge is 0.493 e. The Balaban J connectivity index is 2.24. The van der Waals surface area contributed by atoms with Gasteiger partial charge in [0.2, 0.25) is 5.91 Å². The van der Waals surface area contributed by atoms with Crippen molar-refractivity contribution >= 4 is 11.8 Å². The van der Waals surface area contributed by atoms with Gasteiger partial charge in [0.25, 0.3) is 5.91 Å². The van der Waals surface area contributed by atoms with Gasteiger partial charge in [-0.2, -0.15) is 0 Å². The molecule has 0 spiro atoms. The summed E-state index contributed by atoms with van der Waals surface area (Å²) in [5.41, 5.74) is 6.73. The summed E-state index contributed by atoms with van der Waals surface area (Å²) in [6.45, 7) is 4.79. The van der Waals surface area contributed by atoms with E-state index in [1.807, 2.05) is 6.07 Å². The Morgan fingerprint density at radius 3 is 2.46 bits per heavy atom. The fourth-order valence-electron chi connectivity index (χ4n) is 3.02. The molecule has 130 valence electrons. The summed E-state index contributed by atoms with van der Waals surface area (Å²) >= 11 is 0. The lowest BCUT2D eigenvalue weighted by atomic mass is 9.95. The third kappa shape index (κ3) is 3.69. The first-order valence-corrected chi connectivity index (χ1v) is 7.96. The van der Waals surface area contributed by atoms with Gasteiger partial charge >= 0.3 is 0 Å². The van der Waals surface area contributed by atoms with Crippen molar-refractivity contribution in [3.8, 4) is 11.5 Å². The van der Waals surface area contributed by atoms with Crippen LogP contribution in [0.25, 0.3) is 0 Å². The van der Waals surface area contributed by atoms with Crippen LogP contribution >= 0.6 is 0 Å². The standard InChI is InChI=1S/C18H24N2O4/c1-4-5-13-10-14(11-15(23-2)16(13)24-3)18(22)20-8-6-12(7-9-20)17(19)21/h4,10-12H,1,5-9H2,2-3H3,(H2,19,21). The van der Waals surface area contributed by atoms with E-state index in [9.17, 15) is 9.59 Å². The molecular formula is C18H24N2O4. The van der Waals surface area contributed by atoms with Crippen molar-refractivity contribution in [1.29, 1.82) is 0 Å². The number of rotatable bonds is 6. The van der Waals surface area contributed by atoms with Crippen molar-refractivity contribution in [3.63, 3.8) is 0 Å². The van der Waals surface area contributed by atoms with Crippen molar-refractivity contribution in [2.75, 3.05) is 27.3 Å². The van der Waals surface area contributed by atoms with Crippen LogP contribution in [-0.2, 0) is 11.2 Å². The number of carbonyl (C=O) groups is 2. The molecule has 24 heavy (non-hydrogen) atoms. The first kappa shape index (κ1) is 17.8. The number of likely N-dealkylation sites (tertiary alicyclic amines) is 1. The molecule has 0 radical (unpaired) electrons. The van der Waals surface area contributed by atoms with Gasteiger partial charge in [-0.1, -0.05) is 6.08 Å². The minimum atomic E-state index is -0.290. The van der Waals surface area contributed by atoms with Crippen LogP contribution in [0.2, 0.25) is 0 Å². The minimum Gasteiger partial charge on any atom is -0.493 e. The van der Waals surface area contributed by atoms with Crippen LogP contribution in [0.3, 0.4) is 0 Å². The average Bonchev–Trinajstić information content (AvgIpc) is 2.60. The molecule has 2 N–H and O–H groups in total. The van der Waals surface area contributed by atoms with Crippen LogP contribution in [0.4, 0.5) is 0 Å². The van der Waals surface area contributed by atoms with Gasteiger partial charge in [-0.3, -0.25) is 9.59 Å². The van der Waals surface area contributed by atoms with Crippen LogP contribution in [0.15, 0.2) is 24.8 Å². The molecule has 1 heterocycles. The molecule has 0 bridgehead atoms. The molecule has 1 aliphatic heterocycles. The molecule has 1 fully saturated rings. The molecule has 6 nitrogen and oxygen atoms in total. The highest BCUT2D eigenvalue weighted by Crippen LogP contribution is 2.34. The molecule has 0 aliphatic carbocycles. The highest BCUT2D eigenvalue weighted by molar-refractivity contribution is 5.95. The van der Waals surface area contributed by atoms with E-state index in [-0.39, 0.29) is 17.7 Å². The summed E-state index contributed by atoms with van der Waals surface area (Å²) in [4.78, 5) is 25.8. The lowest BCUT2D eigenvalue weighted by Gasteiger charge is -2.31. The normalized spacial score (nSPS) is 15.0. The Kier molecular flexibility index (Phi) is 5.84. The quantitative estimate of drug-likeness (QED) is 0.805. The Labute approximate surface area is 142 Å². The average molecular weight is 332 g/mol. The summed E-state index contributed by atoms with van der Waals surface area (Å²) in [6.07, 6.45) is 3.54. The maximum Gasteiger partial charge on any atom is 0.254 e. The van der Waals surface area contributed by atoms with E-state index >= 15 is 0 Å². The molecule has 0 aromatic heterocycles. The number of primary amides is 1. The smallest absolute Gasteiger partial charge is 0.254 e. The molecule has 0 unspecified atom stereocenters. The molecule has 2 amide bonds. The maximum atomic E-state index is 12.8. The van der Waals surface area contributed by atoms with Gasteiger partial charge in [0.15, 0.2) is 11.5 Å². The van der Waals surface area contributed by atoms with Gasteiger partial charge < -0.3 is 20.1 Å². The molecule has 6 heteroatoms. The number of hydrogen-bond donors (Lipinski definition) is 1. The fraction of sp³-hybridized carbons (Fsp3) is 0.444. The van der Waals surface area contributed by atoms with Crippen molar-refractivity contribution in [2.24, 2.45) is 11.7 Å². The van der Waals surface area contributed by atoms with Crippen LogP contribution < -0.4 is 15.2 Å². The van der Waals surface area contributed by atoms with Crippen LogP contribution in [0, 0.1) is 5.92 Å². The second kappa shape index (κ2) is 7.86. The topological polar surface area (TPSA) is 81.9 Å². The monoisotopic (exact) mass is 332 g/mol. The van der Waals surface area contributed by atoms with Crippen LogP contribution in [0.1, 0.15) is 28.8 Å². The second-order valence-electron chi connectivity index (χ2n) is 5.83. The number of amides is 2. The zero-order valence-corrected chi connectivity index (χ0v) is 14.2. The molecule has 1 aromatic rings. The first-order chi connectivity index (χ1) is 11.5. The number of piperidine rings is 1. The Hall–Kier alpha value is -2.50. The number of methoxy groups -OCH3 is 2. The van der Waals surface area contributed by atoms with E-state index < -0.39 is 0 Å². The summed E-state index contributed by atoms with van der Waals surface area (Å²) < 4.78 is 10.8. The van der Waals surface area contributed by atoms with E-state index in [0.29, 0.717) is 49.4 Å². The first-order valence-electron chi connectivity index (χ1n) is 7.96. The van der Waals surface area contributed by atoms with Gasteiger partial charge in [0, 0.05) is 30.1 Å². The molecule has 0 saturated carbocycles. The van der Waals surface area contributed by atoms with Gasteiger partial charge in [-0.15, -0.1) is 6.58 Å². The molecule has 1 saturated heterocycles. The number of carbonyl (C=O) groups excluding carboxylic acids is 2. The van der Waals surface area contributed by atoms with Crippen LogP contribution in [-0.4, -0.2) is 44.0 Å². The predicted molar refractivity (Wildman–Crippen MR) is 91.3 cm³/mol. The Morgan fingerprint density at radius 2 is 1.96 bits per heavy atom. The molecule has 0 atom stereocenters. The van der Waals surface area contributed by atoms with Gasteiger partial charge in [-0.25, -0.2) is 0 Å². The lowest BCUT2D eigenvalue weighted by Crippen LogP contribution is -2.41. The number of hydrogen-bond acceptors (Lipinski definition) is 4. The Bertz CT molecular complexity index is 634. The van der Waals surface area contributed by atoms with E-state index in [2.05, 4.69) is 6.58 Å². The van der Waals surface area contributed by atoms with E-state index in [1.165, 1.54) is 0 Å². The number of nitrogens with zero attached hydrogens (tertiary/aromatic N) is 1. The number of benzene rings is 1. The van der Waals surface area contributed by atoms with Gasteiger partial charge in [0.1, 0.15) is 0 Å². The zero-order chi connectivity index (χ0) is 17.7.